The first-order chi connectivity index (χ1) is 9.52. The molecule has 0 fully saturated rings. The van der Waals surface area contributed by atoms with E-state index in [0.717, 1.165) is 28.8 Å². The van der Waals surface area contributed by atoms with Crippen molar-refractivity contribution >= 4 is 23.7 Å². The van der Waals surface area contributed by atoms with Crippen molar-refractivity contribution in [1.82, 2.24) is 14.8 Å². The first kappa shape index (κ1) is 14.2. The van der Waals surface area contributed by atoms with Crippen LogP contribution in [0.1, 0.15) is 5.56 Å². The van der Waals surface area contributed by atoms with Gasteiger partial charge in [-0.05, 0) is 30.7 Å². The number of aliphatic carboxylic acids is 1. The Morgan fingerprint density at radius 2 is 2.25 bits per heavy atom. The van der Waals surface area contributed by atoms with Crippen LogP contribution in [0, 0.1) is 6.92 Å². The Morgan fingerprint density at radius 3 is 2.85 bits per heavy atom. The molecule has 0 saturated carbocycles. The van der Waals surface area contributed by atoms with Crippen LogP contribution in [0.2, 0.25) is 0 Å². The Hall–Kier alpha value is -2.22. The minimum atomic E-state index is -0.922. The van der Waals surface area contributed by atoms with Crippen molar-refractivity contribution in [1.29, 1.82) is 0 Å². The van der Waals surface area contributed by atoms with Crippen molar-refractivity contribution < 1.29 is 14.6 Å². The van der Waals surface area contributed by atoms with Crippen molar-refractivity contribution in [3.05, 3.63) is 23.8 Å². The standard InChI is InChI=1S/C12H14N4O3S/c1-7-5-8(3-4-9(7)19-2)16-11(13)14-15-12(16)20-6-10(17)18/h3-5H,6H2,1-2H3,(H2,13,14)(H,17,18). The molecule has 0 saturated heterocycles. The van der Waals surface area contributed by atoms with Gasteiger partial charge in [-0.1, -0.05) is 11.8 Å². The van der Waals surface area contributed by atoms with E-state index < -0.39 is 5.97 Å². The number of benzene rings is 1. The summed E-state index contributed by atoms with van der Waals surface area (Å²) in [6.07, 6.45) is 0. The second kappa shape index (κ2) is 5.83. The van der Waals surface area contributed by atoms with Gasteiger partial charge in [-0.2, -0.15) is 0 Å². The number of hydrogen-bond donors (Lipinski definition) is 2. The Labute approximate surface area is 119 Å². The van der Waals surface area contributed by atoms with Crippen molar-refractivity contribution in [3.8, 4) is 11.4 Å². The second-order valence-electron chi connectivity index (χ2n) is 4.01. The topological polar surface area (TPSA) is 103 Å². The number of thioether (sulfide) groups is 1. The first-order valence-electron chi connectivity index (χ1n) is 5.73. The number of carboxylic acids is 1. The molecule has 0 spiro atoms. The highest BCUT2D eigenvalue weighted by molar-refractivity contribution is 7.99. The maximum absolute atomic E-state index is 10.6. The number of anilines is 1. The smallest absolute Gasteiger partial charge is 0.313 e. The van der Waals surface area contributed by atoms with E-state index in [4.69, 9.17) is 15.6 Å². The number of carbonyl (C=O) groups is 1. The summed E-state index contributed by atoms with van der Waals surface area (Å²) < 4.78 is 6.81. The lowest BCUT2D eigenvalue weighted by Crippen LogP contribution is -2.05. The lowest BCUT2D eigenvalue weighted by atomic mass is 10.2. The van der Waals surface area contributed by atoms with Gasteiger partial charge in [0.05, 0.1) is 18.6 Å². The number of methoxy groups -OCH3 is 1. The molecule has 1 aromatic carbocycles. The summed E-state index contributed by atoms with van der Waals surface area (Å²) in [6.45, 7) is 1.91. The molecule has 7 nitrogen and oxygen atoms in total. The van der Waals surface area contributed by atoms with Crippen molar-refractivity contribution in [2.75, 3.05) is 18.6 Å². The molecular formula is C12H14N4O3S. The molecule has 2 aromatic rings. The Bertz CT molecular complexity index is 642. The predicted octanol–water partition coefficient (Wildman–Crippen LogP) is 1.34. The molecule has 0 aliphatic heterocycles. The molecule has 0 radical (unpaired) electrons. The van der Waals surface area contributed by atoms with Crippen LogP contribution in [0.25, 0.3) is 5.69 Å². The Kier molecular flexibility index (Phi) is 4.14. The quantitative estimate of drug-likeness (QED) is 0.802. The van der Waals surface area contributed by atoms with Crippen molar-refractivity contribution in [3.63, 3.8) is 0 Å². The van der Waals surface area contributed by atoms with E-state index in [1.807, 2.05) is 25.1 Å². The average molecular weight is 294 g/mol. The number of nitrogens with zero attached hydrogens (tertiary/aromatic N) is 3. The molecule has 1 heterocycles. The number of aryl methyl sites for hydroxylation is 1. The SMILES string of the molecule is COc1ccc(-n2c(N)nnc2SCC(=O)O)cc1C. The number of ether oxygens (including phenoxy) is 1. The van der Waals surface area contributed by atoms with Crippen molar-refractivity contribution in [2.24, 2.45) is 0 Å². The van der Waals surface area contributed by atoms with E-state index in [-0.39, 0.29) is 11.7 Å². The summed E-state index contributed by atoms with van der Waals surface area (Å²) in [5.41, 5.74) is 7.50. The van der Waals surface area contributed by atoms with E-state index >= 15 is 0 Å². The number of hydrogen-bond acceptors (Lipinski definition) is 6. The van der Waals surface area contributed by atoms with Gasteiger partial charge in [0.15, 0.2) is 5.16 Å². The van der Waals surface area contributed by atoms with Gasteiger partial charge in [0, 0.05) is 0 Å². The lowest BCUT2D eigenvalue weighted by Gasteiger charge is -2.10. The molecule has 20 heavy (non-hydrogen) atoms. The summed E-state index contributed by atoms with van der Waals surface area (Å²) in [5.74, 6) is -0.0515. The molecule has 2 rings (SSSR count). The molecular weight excluding hydrogens is 280 g/mol. The molecule has 106 valence electrons. The van der Waals surface area contributed by atoms with Crippen LogP contribution in [-0.2, 0) is 4.79 Å². The molecule has 0 unspecified atom stereocenters. The third-order valence-electron chi connectivity index (χ3n) is 2.62. The number of nitrogens with two attached hydrogens (primary N) is 1. The molecule has 0 atom stereocenters. The van der Waals surface area contributed by atoms with E-state index in [2.05, 4.69) is 10.2 Å². The van der Waals surface area contributed by atoms with Gasteiger partial charge < -0.3 is 15.6 Å². The fourth-order valence-corrected chi connectivity index (χ4v) is 2.42. The highest BCUT2D eigenvalue weighted by atomic mass is 32.2. The van der Waals surface area contributed by atoms with Crippen LogP contribution in [0.4, 0.5) is 5.95 Å². The lowest BCUT2D eigenvalue weighted by molar-refractivity contribution is -0.133. The highest BCUT2D eigenvalue weighted by Crippen LogP contribution is 2.26. The second-order valence-corrected chi connectivity index (χ2v) is 4.96. The third-order valence-corrected chi connectivity index (χ3v) is 3.53. The maximum atomic E-state index is 10.6. The normalized spacial score (nSPS) is 10.5. The van der Waals surface area contributed by atoms with Crippen LogP contribution in [-0.4, -0.2) is 38.7 Å². The van der Waals surface area contributed by atoms with Crippen LogP contribution in [0.15, 0.2) is 23.4 Å². The monoisotopic (exact) mass is 294 g/mol. The maximum Gasteiger partial charge on any atom is 0.313 e. The van der Waals surface area contributed by atoms with Crippen LogP contribution in [0.3, 0.4) is 0 Å². The summed E-state index contributed by atoms with van der Waals surface area (Å²) in [4.78, 5) is 10.6. The Balaban J connectivity index is 2.39. The Morgan fingerprint density at radius 1 is 1.50 bits per heavy atom. The van der Waals surface area contributed by atoms with E-state index in [9.17, 15) is 4.79 Å². The zero-order valence-electron chi connectivity index (χ0n) is 11.0. The van der Waals surface area contributed by atoms with Gasteiger partial charge in [0.2, 0.25) is 5.95 Å². The summed E-state index contributed by atoms with van der Waals surface area (Å²) in [7, 11) is 1.60. The van der Waals surface area contributed by atoms with Gasteiger partial charge in [-0.3, -0.25) is 9.36 Å². The van der Waals surface area contributed by atoms with Crippen molar-refractivity contribution in [2.45, 2.75) is 12.1 Å². The molecule has 3 N–H and O–H groups in total. The van der Waals surface area contributed by atoms with Crippen LogP contribution in [0.5, 0.6) is 5.75 Å². The summed E-state index contributed by atoms with van der Waals surface area (Å²) in [5, 5.41) is 16.9. The van der Waals surface area contributed by atoms with Gasteiger partial charge in [-0.15, -0.1) is 10.2 Å². The van der Waals surface area contributed by atoms with Gasteiger partial charge in [0.1, 0.15) is 5.75 Å². The average Bonchev–Trinajstić information content (AvgIpc) is 2.77. The largest absolute Gasteiger partial charge is 0.496 e. The van der Waals surface area contributed by atoms with Gasteiger partial charge in [0.25, 0.3) is 0 Å². The first-order valence-corrected chi connectivity index (χ1v) is 6.72. The minimum Gasteiger partial charge on any atom is -0.496 e. The fourth-order valence-electron chi connectivity index (χ4n) is 1.75. The molecule has 0 aliphatic carbocycles. The zero-order valence-corrected chi connectivity index (χ0v) is 11.8. The fraction of sp³-hybridized carbons (Fsp3) is 0.250. The molecule has 0 bridgehead atoms. The van der Waals surface area contributed by atoms with Crippen LogP contribution >= 0.6 is 11.8 Å². The minimum absolute atomic E-state index is 0.104. The number of nitrogen functional groups attached to an aromatic ring is 1. The highest BCUT2D eigenvalue weighted by Gasteiger charge is 2.14. The molecule has 8 heteroatoms. The van der Waals surface area contributed by atoms with E-state index in [1.165, 1.54) is 0 Å². The summed E-state index contributed by atoms with van der Waals surface area (Å²) in [6, 6.07) is 5.51. The van der Waals surface area contributed by atoms with Gasteiger partial charge >= 0.3 is 5.97 Å². The van der Waals surface area contributed by atoms with Crippen LogP contribution < -0.4 is 10.5 Å². The third kappa shape index (κ3) is 2.85. The molecule has 0 aliphatic rings. The van der Waals surface area contributed by atoms with E-state index in [0.29, 0.717) is 5.16 Å². The number of aromatic nitrogens is 3. The van der Waals surface area contributed by atoms with Gasteiger partial charge in [-0.25, -0.2) is 0 Å². The number of rotatable bonds is 5. The predicted molar refractivity (Wildman–Crippen MR) is 75.4 cm³/mol. The summed E-state index contributed by atoms with van der Waals surface area (Å²) >= 11 is 1.07. The number of carboxylic acid groups (broad SMARTS) is 1. The molecule has 1 aromatic heterocycles. The molecule has 0 amide bonds. The zero-order chi connectivity index (χ0) is 14.7. The van der Waals surface area contributed by atoms with E-state index in [1.54, 1.807) is 11.7 Å².